The molecule has 9 heavy (non-hydrogen) atoms. The highest BCUT2D eigenvalue weighted by molar-refractivity contribution is 5.23. The maximum Gasteiger partial charge on any atom is 0.0299 e. The van der Waals surface area contributed by atoms with E-state index in [0.717, 1.165) is 12.1 Å². The molecule has 0 spiro atoms. The quantitative estimate of drug-likeness (QED) is 0.416. The Kier molecular flexibility index (Phi) is 3.76. The Bertz CT molecular complexity index is 116. The van der Waals surface area contributed by atoms with Crippen molar-refractivity contribution in [3.63, 3.8) is 0 Å². The highest BCUT2D eigenvalue weighted by Gasteiger charge is 1.89. The van der Waals surface area contributed by atoms with Crippen molar-refractivity contribution >= 4 is 6.72 Å². The molecule has 0 radical (unpaired) electrons. The molecule has 2 heteroatoms. The maximum absolute atomic E-state index is 3.72. The monoisotopic (exact) mass is 126 g/mol. The molecule has 0 fully saturated rings. The van der Waals surface area contributed by atoms with E-state index < -0.39 is 0 Å². The number of hydrogen-bond acceptors (Lipinski definition) is 2. The predicted molar refractivity (Wildman–Crippen MR) is 41.4 cm³/mol. The van der Waals surface area contributed by atoms with E-state index in [0.29, 0.717) is 0 Å². The number of hydrazone groups is 1. The summed E-state index contributed by atoms with van der Waals surface area (Å²) in [5, 5.41) is 5.48. The zero-order valence-corrected chi connectivity index (χ0v) is 6.39. The van der Waals surface area contributed by atoms with Gasteiger partial charge in [0, 0.05) is 19.5 Å². The van der Waals surface area contributed by atoms with Crippen LogP contribution in [0.4, 0.5) is 0 Å². The zero-order valence-electron chi connectivity index (χ0n) is 6.39. The van der Waals surface area contributed by atoms with Crippen molar-refractivity contribution in [3.05, 3.63) is 11.8 Å². The van der Waals surface area contributed by atoms with Crippen molar-refractivity contribution in [2.45, 2.75) is 20.3 Å². The number of hydrogen-bond donors (Lipinski definition) is 0. The molecule has 0 rings (SSSR count). The fourth-order valence-corrected chi connectivity index (χ4v) is 0.539. The summed E-state index contributed by atoms with van der Waals surface area (Å²) in [7, 11) is 1.88. The summed E-state index contributed by atoms with van der Waals surface area (Å²) in [6.45, 7) is 7.51. The van der Waals surface area contributed by atoms with Gasteiger partial charge in [0.25, 0.3) is 0 Å². The van der Waals surface area contributed by atoms with E-state index in [1.165, 1.54) is 0 Å². The Morgan fingerprint density at radius 3 is 2.67 bits per heavy atom. The van der Waals surface area contributed by atoms with Crippen LogP contribution < -0.4 is 0 Å². The third-order valence-corrected chi connectivity index (χ3v) is 1.22. The highest BCUT2D eigenvalue weighted by atomic mass is 15.4. The second-order valence-electron chi connectivity index (χ2n) is 1.92. The summed E-state index contributed by atoms with van der Waals surface area (Å²) in [4.78, 5) is 0. The topological polar surface area (TPSA) is 15.6 Å². The van der Waals surface area contributed by atoms with Gasteiger partial charge >= 0.3 is 0 Å². The van der Waals surface area contributed by atoms with E-state index in [9.17, 15) is 0 Å². The fourth-order valence-electron chi connectivity index (χ4n) is 0.539. The van der Waals surface area contributed by atoms with Gasteiger partial charge in [-0.05, 0) is 13.3 Å². The Labute approximate surface area is 56.9 Å². The minimum absolute atomic E-state index is 1.05. The van der Waals surface area contributed by atoms with Crippen LogP contribution in [-0.2, 0) is 0 Å². The fraction of sp³-hybridized carbons (Fsp3) is 0.571. The molecule has 0 N–H and O–H groups in total. The Hall–Kier alpha value is -0.790. The second kappa shape index (κ2) is 4.13. The molecule has 0 aromatic carbocycles. The Morgan fingerprint density at radius 1 is 1.78 bits per heavy atom. The van der Waals surface area contributed by atoms with Gasteiger partial charge in [0.1, 0.15) is 0 Å². The van der Waals surface area contributed by atoms with Gasteiger partial charge in [0.2, 0.25) is 0 Å². The van der Waals surface area contributed by atoms with Crippen LogP contribution in [-0.4, -0.2) is 18.8 Å². The van der Waals surface area contributed by atoms with Crippen LogP contribution in [0, 0.1) is 0 Å². The molecule has 0 aliphatic heterocycles. The van der Waals surface area contributed by atoms with Crippen molar-refractivity contribution in [2.24, 2.45) is 5.10 Å². The second-order valence-corrected chi connectivity index (χ2v) is 1.92. The van der Waals surface area contributed by atoms with E-state index in [4.69, 9.17) is 0 Å². The van der Waals surface area contributed by atoms with Crippen LogP contribution >= 0.6 is 0 Å². The van der Waals surface area contributed by atoms with Gasteiger partial charge < -0.3 is 0 Å². The summed E-state index contributed by atoms with van der Waals surface area (Å²) in [6.07, 6.45) is 3.15. The van der Waals surface area contributed by atoms with Crippen molar-refractivity contribution in [1.29, 1.82) is 0 Å². The van der Waals surface area contributed by atoms with E-state index >= 15 is 0 Å². The van der Waals surface area contributed by atoms with Gasteiger partial charge in [0.15, 0.2) is 0 Å². The molecule has 0 bridgehead atoms. The minimum Gasteiger partial charge on any atom is -0.274 e. The minimum atomic E-state index is 1.05. The molecule has 0 saturated carbocycles. The average Bonchev–Trinajstić information content (AvgIpc) is 1.87. The summed E-state index contributed by atoms with van der Waals surface area (Å²) in [6, 6.07) is 0. The van der Waals surface area contributed by atoms with Gasteiger partial charge in [-0.3, -0.25) is 5.01 Å². The lowest BCUT2D eigenvalue weighted by Crippen LogP contribution is -2.06. The van der Waals surface area contributed by atoms with Crippen molar-refractivity contribution < 1.29 is 0 Å². The first-order chi connectivity index (χ1) is 4.22. The summed E-state index contributed by atoms with van der Waals surface area (Å²) in [5.41, 5.74) is 1.15. The maximum atomic E-state index is 3.72. The first-order valence-corrected chi connectivity index (χ1v) is 3.09. The summed E-state index contributed by atoms with van der Waals surface area (Å²) < 4.78 is 0. The van der Waals surface area contributed by atoms with E-state index in [1.54, 1.807) is 5.01 Å². The molecule has 0 amide bonds. The SMILES string of the molecule is C=NN(C)C(C)=CCC. The third kappa shape index (κ3) is 2.90. The first-order valence-electron chi connectivity index (χ1n) is 3.09. The molecule has 2 nitrogen and oxygen atoms in total. The van der Waals surface area contributed by atoms with Crippen LogP contribution in [0.1, 0.15) is 20.3 Å². The van der Waals surface area contributed by atoms with Crippen LogP contribution in [0.25, 0.3) is 0 Å². The summed E-state index contributed by atoms with van der Waals surface area (Å²) >= 11 is 0. The predicted octanol–water partition coefficient (Wildman–Crippen LogP) is 1.85. The molecule has 0 aliphatic carbocycles. The molecule has 0 aromatic heterocycles. The first kappa shape index (κ1) is 8.21. The van der Waals surface area contributed by atoms with Crippen LogP contribution in [0.15, 0.2) is 16.9 Å². The normalized spacial score (nSPS) is 11.2. The average molecular weight is 126 g/mol. The molecular formula is C7H14N2. The summed E-state index contributed by atoms with van der Waals surface area (Å²) in [5.74, 6) is 0. The van der Waals surface area contributed by atoms with Gasteiger partial charge in [-0.15, -0.1) is 0 Å². The van der Waals surface area contributed by atoms with Crippen LogP contribution in [0.2, 0.25) is 0 Å². The molecule has 52 valence electrons. The van der Waals surface area contributed by atoms with E-state index in [2.05, 4.69) is 24.8 Å². The molecule has 0 unspecified atom stereocenters. The van der Waals surface area contributed by atoms with Gasteiger partial charge in [-0.25, -0.2) is 0 Å². The van der Waals surface area contributed by atoms with Crippen molar-refractivity contribution in [2.75, 3.05) is 7.05 Å². The lowest BCUT2D eigenvalue weighted by atomic mass is 10.4. The van der Waals surface area contributed by atoms with Crippen LogP contribution in [0.5, 0.6) is 0 Å². The van der Waals surface area contributed by atoms with Gasteiger partial charge in [0.05, 0.1) is 0 Å². The molecule has 0 atom stereocenters. The molecular weight excluding hydrogens is 112 g/mol. The van der Waals surface area contributed by atoms with Crippen molar-refractivity contribution in [3.8, 4) is 0 Å². The van der Waals surface area contributed by atoms with E-state index in [-0.39, 0.29) is 0 Å². The van der Waals surface area contributed by atoms with E-state index in [1.807, 2.05) is 14.0 Å². The highest BCUT2D eigenvalue weighted by Crippen LogP contribution is 1.99. The van der Waals surface area contributed by atoms with Gasteiger partial charge in [-0.2, -0.15) is 5.10 Å². The van der Waals surface area contributed by atoms with Crippen molar-refractivity contribution in [1.82, 2.24) is 5.01 Å². The lowest BCUT2D eigenvalue weighted by molar-refractivity contribution is 0.449. The zero-order chi connectivity index (χ0) is 7.28. The molecule has 0 heterocycles. The Balaban J connectivity index is 3.84. The molecule has 0 aliphatic rings. The molecule has 0 saturated heterocycles. The smallest absolute Gasteiger partial charge is 0.0299 e. The number of nitrogens with zero attached hydrogens (tertiary/aromatic N) is 2. The number of rotatable bonds is 3. The van der Waals surface area contributed by atoms with Crippen LogP contribution in [0.3, 0.4) is 0 Å². The standard InChI is InChI=1S/C7H14N2/c1-5-6-7(2)9(4)8-3/h6H,3,5H2,1-2,4H3. The lowest BCUT2D eigenvalue weighted by Gasteiger charge is -2.10. The Morgan fingerprint density at radius 2 is 2.33 bits per heavy atom. The van der Waals surface area contributed by atoms with Gasteiger partial charge in [-0.1, -0.05) is 13.0 Å². The number of allylic oxidation sites excluding steroid dienone is 2. The largest absolute Gasteiger partial charge is 0.274 e. The molecule has 0 aromatic rings. The third-order valence-electron chi connectivity index (χ3n) is 1.22.